The van der Waals surface area contributed by atoms with Gasteiger partial charge in [0.2, 0.25) is 0 Å². The number of benzene rings is 1. The maximum absolute atomic E-state index is 11.9. The van der Waals surface area contributed by atoms with Gasteiger partial charge in [-0.3, -0.25) is 14.9 Å². The van der Waals surface area contributed by atoms with E-state index in [2.05, 4.69) is 15.6 Å². The number of nitrogens with one attached hydrogen (secondary N) is 2. The number of esters is 1. The van der Waals surface area contributed by atoms with Gasteiger partial charge in [-0.1, -0.05) is 0 Å². The lowest BCUT2D eigenvalue weighted by molar-refractivity contribution is -0.147. The number of carbonyl (C=O) groups is 3. The summed E-state index contributed by atoms with van der Waals surface area (Å²) in [4.78, 5) is 39.3. The monoisotopic (exact) mass is 389 g/mol. The molecule has 2 aromatic rings. The number of amides is 3. The Morgan fingerprint density at radius 3 is 2.63 bits per heavy atom. The fourth-order valence-electron chi connectivity index (χ4n) is 2.21. The molecule has 142 valence electrons. The second-order valence-electron chi connectivity index (χ2n) is 6.01. The third kappa shape index (κ3) is 5.78. The number of hydrogen-bond donors (Lipinski definition) is 2. The summed E-state index contributed by atoms with van der Waals surface area (Å²) in [5.74, 6) is -0.499. The molecule has 1 fully saturated rings. The highest BCUT2D eigenvalue weighted by Crippen LogP contribution is 2.25. The van der Waals surface area contributed by atoms with Crippen molar-refractivity contribution in [2.24, 2.45) is 0 Å². The van der Waals surface area contributed by atoms with E-state index in [1.165, 1.54) is 11.3 Å². The number of methoxy groups -OCH3 is 1. The molecule has 0 atom stereocenters. The van der Waals surface area contributed by atoms with Crippen molar-refractivity contribution in [1.29, 1.82) is 0 Å². The molecule has 1 saturated carbocycles. The summed E-state index contributed by atoms with van der Waals surface area (Å²) < 4.78 is 10.0. The smallest absolute Gasteiger partial charge is 0.321 e. The highest BCUT2D eigenvalue weighted by atomic mass is 32.1. The Labute approximate surface area is 159 Å². The first kappa shape index (κ1) is 18.8. The summed E-state index contributed by atoms with van der Waals surface area (Å²) in [6, 6.07) is 7.02. The van der Waals surface area contributed by atoms with Gasteiger partial charge in [0.15, 0.2) is 6.61 Å². The van der Waals surface area contributed by atoms with Gasteiger partial charge in [0.1, 0.15) is 10.8 Å². The van der Waals surface area contributed by atoms with Crippen LogP contribution >= 0.6 is 11.3 Å². The van der Waals surface area contributed by atoms with Gasteiger partial charge < -0.3 is 14.8 Å². The average molecular weight is 389 g/mol. The lowest BCUT2D eigenvalue weighted by Gasteiger charge is -2.06. The quantitative estimate of drug-likeness (QED) is 0.701. The van der Waals surface area contributed by atoms with Crippen LogP contribution in [0.25, 0.3) is 10.6 Å². The zero-order valence-electron chi connectivity index (χ0n) is 14.7. The van der Waals surface area contributed by atoms with Crippen molar-refractivity contribution in [3.05, 3.63) is 35.3 Å². The Kier molecular flexibility index (Phi) is 6.02. The number of hydrogen-bond acceptors (Lipinski definition) is 7. The summed E-state index contributed by atoms with van der Waals surface area (Å²) in [7, 11) is 1.60. The zero-order valence-corrected chi connectivity index (χ0v) is 15.5. The third-order valence-corrected chi connectivity index (χ3v) is 4.68. The molecule has 1 aliphatic carbocycles. The van der Waals surface area contributed by atoms with Gasteiger partial charge in [0.05, 0.1) is 19.2 Å². The van der Waals surface area contributed by atoms with E-state index in [0.29, 0.717) is 5.69 Å². The number of aromatic nitrogens is 1. The van der Waals surface area contributed by atoms with Crippen LogP contribution < -0.4 is 15.4 Å². The predicted molar refractivity (Wildman–Crippen MR) is 98.5 cm³/mol. The molecule has 9 heteroatoms. The molecule has 1 heterocycles. The Morgan fingerprint density at radius 2 is 1.96 bits per heavy atom. The summed E-state index contributed by atoms with van der Waals surface area (Å²) in [6.45, 7) is -0.508. The van der Waals surface area contributed by atoms with Gasteiger partial charge in [-0.15, -0.1) is 11.3 Å². The largest absolute Gasteiger partial charge is 0.497 e. The Bertz CT molecular complexity index is 830. The van der Waals surface area contributed by atoms with E-state index < -0.39 is 24.5 Å². The van der Waals surface area contributed by atoms with Crippen LogP contribution in [0.1, 0.15) is 18.5 Å². The van der Waals surface area contributed by atoms with E-state index in [1.54, 1.807) is 12.5 Å². The lowest BCUT2D eigenvalue weighted by Crippen LogP contribution is -2.42. The van der Waals surface area contributed by atoms with Crippen molar-refractivity contribution in [2.45, 2.75) is 25.3 Å². The van der Waals surface area contributed by atoms with Crippen LogP contribution in [-0.2, 0) is 20.7 Å². The number of carbonyl (C=O) groups excluding carboxylic acids is 3. The molecule has 0 aliphatic heterocycles. The van der Waals surface area contributed by atoms with Gasteiger partial charge in [-0.05, 0) is 37.1 Å². The van der Waals surface area contributed by atoms with Crippen molar-refractivity contribution in [1.82, 2.24) is 15.6 Å². The molecule has 8 nitrogen and oxygen atoms in total. The molecule has 27 heavy (non-hydrogen) atoms. The molecule has 1 aliphatic rings. The second-order valence-corrected chi connectivity index (χ2v) is 6.86. The van der Waals surface area contributed by atoms with Crippen LogP contribution in [0, 0.1) is 0 Å². The maximum Gasteiger partial charge on any atom is 0.321 e. The Balaban J connectivity index is 1.44. The molecule has 0 unspecified atom stereocenters. The lowest BCUT2D eigenvalue weighted by atomic mass is 10.2. The molecular formula is C18H19N3O5S. The topological polar surface area (TPSA) is 107 Å². The van der Waals surface area contributed by atoms with Gasteiger partial charge >= 0.3 is 12.0 Å². The highest BCUT2D eigenvalue weighted by Gasteiger charge is 2.24. The van der Waals surface area contributed by atoms with Crippen molar-refractivity contribution in [3.63, 3.8) is 0 Å². The number of thiazole rings is 1. The van der Waals surface area contributed by atoms with Crippen LogP contribution in [0.2, 0.25) is 0 Å². The van der Waals surface area contributed by atoms with Crippen molar-refractivity contribution < 1.29 is 23.9 Å². The summed E-state index contributed by atoms with van der Waals surface area (Å²) >= 11 is 1.41. The summed E-state index contributed by atoms with van der Waals surface area (Å²) in [6.07, 6.45) is 1.79. The van der Waals surface area contributed by atoms with E-state index in [9.17, 15) is 14.4 Å². The molecule has 0 bridgehead atoms. The molecule has 0 spiro atoms. The van der Waals surface area contributed by atoms with Crippen LogP contribution in [0.15, 0.2) is 29.6 Å². The van der Waals surface area contributed by atoms with E-state index in [-0.39, 0.29) is 12.5 Å². The van der Waals surface area contributed by atoms with E-state index in [0.717, 1.165) is 29.2 Å². The highest BCUT2D eigenvalue weighted by molar-refractivity contribution is 7.13. The van der Waals surface area contributed by atoms with Crippen LogP contribution in [0.3, 0.4) is 0 Å². The molecule has 2 N–H and O–H groups in total. The number of imide groups is 1. The summed E-state index contributed by atoms with van der Waals surface area (Å²) in [5, 5.41) is 7.27. The SMILES string of the molecule is COc1ccc(-c2nc(CC(=O)OCC(=O)NC(=O)NC3CC3)cs2)cc1. The van der Waals surface area contributed by atoms with Gasteiger partial charge in [0.25, 0.3) is 5.91 Å². The maximum atomic E-state index is 11.9. The minimum Gasteiger partial charge on any atom is -0.497 e. The third-order valence-electron chi connectivity index (χ3n) is 3.74. The van der Waals surface area contributed by atoms with Gasteiger partial charge in [-0.2, -0.15) is 0 Å². The standard InChI is InChI=1S/C18H19N3O5S/c1-25-14-6-2-11(3-7-14)17-19-13(10-27-17)8-16(23)26-9-15(22)21-18(24)20-12-4-5-12/h2-3,6-7,10,12H,4-5,8-9H2,1H3,(H2,20,21,22,24). The minimum atomic E-state index is -0.668. The molecule has 3 amide bonds. The van der Waals surface area contributed by atoms with E-state index in [4.69, 9.17) is 9.47 Å². The van der Waals surface area contributed by atoms with Crippen LogP contribution in [0.4, 0.5) is 4.79 Å². The minimum absolute atomic E-state index is 0.0474. The first-order chi connectivity index (χ1) is 13.0. The first-order valence-corrected chi connectivity index (χ1v) is 9.26. The van der Waals surface area contributed by atoms with Crippen molar-refractivity contribution in [2.75, 3.05) is 13.7 Å². The van der Waals surface area contributed by atoms with Crippen LogP contribution in [-0.4, -0.2) is 42.7 Å². The number of urea groups is 1. The normalized spacial score (nSPS) is 12.9. The van der Waals surface area contributed by atoms with Crippen molar-refractivity contribution >= 4 is 29.2 Å². The van der Waals surface area contributed by atoms with Crippen LogP contribution in [0.5, 0.6) is 5.75 Å². The Hall–Kier alpha value is -2.94. The second kappa shape index (κ2) is 8.63. The molecule has 0 radical (unpaired) electrons. The molecule has 3 rings (SSSR count). The van der Waals surface area contributed by atoms with E-state index >= 15 is 0 Å². The first-order valence-electron chi connectivity index (χ1n) is 8.38. The fourth-order valence-corrected chi connectivity index (χ4v) is 3.04. The van der Waals surface area contributed by atoms with Crippen molar-refractivity contribution in [3.8, 4) is 16.3 Å². The molecule has 1 aromatic heterocycles. The Morgan fingerprint density at radius 1 is 1.22 bits per heavy atom. The molecule has 1 aromatic carbocycles. The summed E-state index contributed by atoms with van der Waals surface area (Å²) in [5.41, 5.74) is 1.48. The number of rotatable bonds is 7. The number of nitrogens with zero attached hydrogens (tertiary/aromatic N) is 1. The average Bonchev–Trinajstić information content (AvgIpc) is 3.35. The number of ether oxygens (including phenoxy) is 2. The molecule has 0 saturated heterocycles. The van der Waals surface area contributed by atoms with Gasteiger partial charge in [0, 0.05) is 17.0 Å². The predicted octanol–water partition coefficient (Wildman–Crippen LogP) is 1.89. The fraction of sp³-hybridized carbons (Fsp3) is 0.333. The van der Waals surface area contributed by atoms with Gasteiger partial charge in [-0.25, -0.2) is 9.78 Å². The zero-order chi connectivity index (χ0) is 19.2. The van der Waals surface area contributed by atoms with E-state index in [1.807, 2.05) is 24.3 Å². The molecular weight excluding hydrogens is 370 g/mol.